The first-order chi connectivity index (χ1) is 5.61. The van der Waals surface area contributed by atoms with Crippen LogP contribution in [-0.4, -0.2) is 28.8 Å². The van der Waals surface area contributed by atoms with Crippen molar-refractivity contribution in [1.29, 1.82) is 0 Å². The second-order valence-electron chi connectivity index (χ2n) is 2.42. The number of carbonyl (C=O) groups excluding carboxylic acids is 1. The van der Waals surface area contributed by atoms with Crippen molar-refractivity contribution in [3.63, 3.8) is 0 Å². The molecule has 0 fully saturated rings. The Morgan fingerprint density at radius 3 is 1.85 bits per heavy atom. The van der Waals surface area contributed by atoms with Crippen LogP contribution in [0.5, 0.6) is 0 Å². The average molecular weight is 200 g/mol. The molecule has 0 aromatic heterocycles. The van der Waals surface area contributed by atoms with Crippen molar-refractivity contribution in [2.45, 2.75) is 18.6 Å². The van der Waals surface area contributed by atoms with Crippen LogP contribution in [0.1, 0.15) is 6.92 Å². The second kappa shape index (κ2) is 3.11. The molecule has 0 aliphatic carbocycles. The molecule has 0 spiro atoms. The van der Waals surface area contributed by atoms with Gasteiger partial charge in [-0.2, -0.15) is 13.2 Å². The van der Waals surface area contributed by atoms with Crippen molar-refractivity contribution in [2.75, 3.05) is 0 Å². The van der Waals surface area contributed by atoms with Gasteiger partial charge in [-0.3, -0.25) is 0 Å². The number of rotatable bonds is 2. The summed E-state index contributed by atoms with van der Waals surface area (Å²) in [5.74, 6) is -2.22. The maximum absolute atomic E-state index is 12.1. The van der Waals surface area contributed by atoms with Crippen molar-refractivity contribution in [3.8, 4) is 0 Å². The number of urea groups is 1. The molecule has 1 atom stereocenters. The Labute approximate surface area is 70.7 Å². The second-order valence-corrected chi connectivity index (χ2v) is 2.42. The summed E-state index contributed by atoms with van der Waals surface area (Å²) >= 11 is 0. The summed E-state index contributed by atoms with van der Waals surface area (Å²) in [5.41, 5.74) is 1.05. The van der Waals surface area contributed by atoms with E-state index >= 15 is 0 Å². The van der Waals surface area contributed by atoms with Crippen LogP contribution in [0.25, 0.3) is 0 Å². The highest BCUT2D eigenvalue weighted by atomic mass is 19.4. The summed E-state index contributed by atoms with van der Waals surface area (Å²) < 4.78 is 36.2. The normalized spacial score (nSPS) is 16.0. The van der Waals surface area contributed by atoms with Gasteiger partial charge in [-0.25, -0.2) is 9.59 Å². The maximum Gasteiger partial charge on any atom is 0.422 e. The minimum absolute atomic E-state index is 0.306. The standard InChI is InChI=1S/C5H7F3N2O3/c1-4(2(11)12,5(6,7)8)10-3(9)13/h1H3,(H,11,12)(H3,9,10,13). The van der Waals surface area contributed by atoms with Gasteiger partial charge in [0.25, 0.3) is 0 Å². The molecule has 2 amide bonds. The Morgan fingerprint density at radius 1 is 1.38 bits per heavy atom. The molecule has 0 aromatic carbocycles. The summed E-state index contributed by atoms with van der Waals surface area (Å²) in [6.07, 6.45) is -5.10. The molecule has 4 N–H and O–H groups in total. The van der Waals surface area contributed by atoms with Crippen molar-refractivity contribution in [3.05, 3.63) is 0 Å². The van der Waals surface area contributed by atoms with Crippen LogP contribution in [0.4, 0.5) is 18.0 Å². The van der Waals surface area contributed by atoms with Gasteiger partial charge in [0.15, 0.2) is 0 Å². The van der Waals surface area contributed by atoms with Crippen LogP contribution in [0.15, 0.2) is 0 Å². The highest BCUT2D eigenvalue weighted by Crippen LogP contribution is 2.30. The third-order valence-corrected chi connectivity index (χ3v) is 1.37. The first-order valence-electron chi connectivity index (χ1n) is 2.99. The number of hydrogen-bond acceptors (Lipinski definition) is 2. The van der Waals surface area contributed by atoms with Gasteiger partial charge in [-0.15, -0.1) is 0 Å². The predicted molar refractivity (Wildman–Crippen MR) is 34.8 cm³/mol. The van der Waals surface area contributed by atoms with E-state index in [1.807, 2.05) is 0 Å². The Hall–Kier alpha value is -1.47. The number of carboxylic acids is 1. The Kier molecular flexibility index (Phi) is 2.76. The molecule has 0 aliphatic heterocycles. The van der Waals surface area contributed by atoms with Crippen molar-refractivity contribution >= 4 is 12.0 Å². The molecule has 1 unspecified atom stereocenters. The van der Waals surface area contributed by atoms with E-state index in [-0.39, 0.29) is 0 Å². The lowest BCUT2D eigenvalue weighted by atomic mass is 10.0. The molecule has 8 heteroatoms. The highest BCUT2D eigenvalue weighted by molar-refractivity contribution is 5.86. The van der Waals surface area contributed by atoms with Crippen molar-refractivity contribution < 1.29 is 27.9 Å². The number of nitrogens with two attached hydrogens (primary N) is 1. The number of aliphatic carboxylic acids is 1. The number of primary amides is 1. The van der Waals surface area contributed by atoms with Gasteiger partial charge in [0.2, 0.25) is 5.54 Å². The van der Waals surface area contributed by atoms with Crippen LogP contribution in [0.2, 0.25) is 0 Å². The van der Waals surface area contributed by atoms with Crippen LogP contribution in [-0.2, 0) is 4.79 Å². The van der Waals surface area contributed by atoms with E-state index in [1.165, 1.54) is 0 Å². The van der Waals surface area contributed by atoms with Crippen molar-refractivity contribution in [1.82, 2.24) is 5.32 Å². The van der Waals surface area contributed by atoms with Crippen LogP contribution >= 0.6 is 0 Å². The lowest BCUT2D eigenvalue weighted by molar-refractivity contribution is -0.203. The molecule has 0 rings (SSSR count). The number of carbonyl (C=O) groups is 2. The topological polar surface area (TPSA) is 92.4 Å². The SMILES string of the molecule is CC(NC(N)=O)(C(=O)O)C(F)(F)F. The zero-order chi connectivity index (χ0) is 10.9. The first-order valence-corrected chi connectivity index (χ1v) is 2.99. The van der Waals surface area contributed by atoms with Gasteiger partial charge in [0.1, 0.15) is 0 Å². The molecule has 0 saturated carbocycles. The van der Waals surface area contributed by atoms with Gasteiger partial charge in [-0.1, -0.05) is 0 Å². The van der Waals surface area contributed by atoms with Gasteiger partial charge in [0, 0.05) is 0 Å². The number of carboxylic acid groups (broad SMARTS) is 1. The number of amides is 2. The minimum atomic E-state index is -5.10. The van der Waals surface area contributed by atoms with Crippen LogP contribution in [0.3, 0.4) is 0 Å². The summed E-state index contributed by atoms with van der Waals surface area (Å²) in [6.45, 7) is 0.306. The first kappa shape index (κ1) is 11.5. The molecule has 0 saturated heterocycles. The molecule has 76 valence electrons. The van der Waals surface area contributed by atoms with Gasteiger partial charge >= 0.3 is 18.2 Å². The van der Waals surface area contributed by atoms with E-state index in [1.54, 1.807) is 0 Å². The smallest absolute Gasteiger partial charge is 0.422 e. The van der Waals surface area contributed by atoms with E-state index in [0.717, 1.165) is 5.32 Å². The molecule has 0 bridgehead atoms. The molecular weight excluding hydrogens is 193 g/mol. The molecule has 13 heavy (non-hydrogen) atoms. The molecule has 0 aliphatic rings. The average Bonchev–Trinajstić information content (AvgIpc) is 1.82. The quantitative estimate of drug-likeness (QED) is 0.588. The third-order valence-electron chi connectivity index (χ3n) is 1.37. The Morgan fingerprint density at radius 2 is 1.77 bits per heavy atom. The Balaban J connectivity index is 4.96. The monoisotopic (exact) mass is 200 g/mol. The maximum atomic E-state index is 12.1. The van der Waals surface area contributed by atoms with E-state index < -0.39 is 23.7 Å². The summed E-state index contributed by atoms with van der Waals surface area (Å²) in [5, 5.41) is 9.34. The summed E-state index contributed by atoms with van der Waals surface area (Å²) in [6, 6.07) is -1.55. The van der Waals surface area contributed by atoms with Gasteiger partial charge < -0.3 is 16.2 Å². The number of halogens is 3. The predicted octanol–water partition coefficient (Wildman–Crippen LogP) is 0.0603. The molecular formula is C5H7F3N2O3. The summed E-state index contributed by atoms with van der Waals surface area (Å²) in [4.78, 5) is 20.3. The van der Waals surface area contributed by atoms with E-state index in [2.05, 4.69) is 5.73 Å². The van der Waals surface area contributed by atoms with E-state index in [0.29, 0.717) is 6.92 Å². The molecule has 5 nitrogen and oxygen atoms in total. The van der Waals surface area contributed by atoms with E-state index in [9.17, 15) is 22.8 Å². The molecule has 0 aromatic rings. The van der Waals surface area contributed by atoms with Crippen LogP contribution in [0, 0.1) is 0 Å². The Bertz CT molecular complexity index is 240. The number of nitrogens with one attached hydrogen (secondary N) is 1. The molecule has 0 radical (unpaired) electrons. The van der Waals surface area contributed by atoms with Crippen LogP contribution < -0.4 is 11.1 Å². The lowest BCUT2D eigenvalue weighted by Gasteiger charge is -2.27. The van der Waals surface area contributed by atoms with E-state index in [4.69, 9.17) is 5.11 Å². The highest BCUT2D eigenvalue weighted by Gasteiger charge is 2.58. The van der Waals surface area contributed by atoms with Gasteiger partial charge in [0.05, 0.1) is 0 Å². The lowest BCUT2D eigenvalue weighted by Crippen LogP contribution is -2.63. The van der Waals surface area contributed by atoms with Gasteiger partial charge in [-0.05, 0) is 6.92 Å². The fourth-order valence-corrected chi connectivity index (χ4v) is 0.492. The van der Waals surface area contributed by atoms with Crippen molar-refractivity contribution in [2.24, 2.45) is 5.73 Å². The third kappa shape index (κ3) is 2.23. The largest absolute Gasteiger partial charge is 0.479 e. The molecule has 0 heterocycles. The zero-order valence-electron chi connectivity index (χ0n) is 6.47. The number of hydrogen-bond donors (Lipinski definition) is 3. The fourth-order valence-electron chi connectivity index (χ4n) is 0.492. The zero-order valence-corrected chi connectivity index (χ0v) is 6.47. The number of alkyl halides is 3. The fraction of sp³-hybridized carbons (Fsp3) is 0.600. The minimum Gasteiger partial charge on any atom is -0.479 e. The summed E-state index contributed by atoms with van der Waals surface area (Å²) in [7, 11) is 0.